The molecule has 0 aliphatic rings. The van der Waals surface area contributed by atoms with Gasteiger partial charge in [-0.25, -0.2) is 24.1 Å². The smallest absolute Gasteiger partial charge is 0.414 e. The molecule has 41 heavy (non-hydrogen) atoms. The van der Waals surface area contributed by atoms with Crippen LogP contribution in [0.2, 0.25) is 0 Å². The molecule has 2 heterocycles. The number of anilines is 2. The molecule has 0 aliphatic heterocycles. The minimum absolute atomic E-state index is 0.155. The molecule has 3 aromatic carbocycles. The number of imidazole rings is 1. The van der Waals surface area contributed by atoms with Gasteiger partial charge in [-0.2, -0.15) is 0 Å². The van der Waals surface area contributed by atoms with Crippen molar-refractivity contribution in [3.05, 3.63) is 95.7 Å². The van der Waals surface area contributed by atoms with E-state index in [9.17, 15) is 9.59 Å². The van der Waals surface area contributed by atoms with Crippen molar-refractivity contribution in [2.75, 3.05) is 17.7 Å². The normalized spacial score (nSPS) is 11.0. The summed E-state index contributed by atoms with van der Waals surface area (Å²) < 4.78 is 14.3. The molecule has 0 radical (unpaired) electrons. The van der Waals surface area contributed by atoms with E-state index in [0.717, 1.165) is 0 Å². The largest absolute Gasteiger partial charge is 0.457 e. The van der Waals surface area contributed by atoms with Gasteiger partial charge in [0.2, 0.25) is 0 Å². The summed E-state index contributed by atoms with van der Waals surface area (Å²) >= 11 is 0. The monoisotopic (exact) mass is 554 g/mol. The number of amides is 1. The lowest BCUT2D eigenvalue weighted by atomic mass is 10.2. The predicted octanol–water partition coefficient (Wildman–Crippen LogP) is 6.34. The van der Waals surface area contributed by atoms with E-state index in [1.165, 1.54) is 20.4 Å². The van der Waals surface area contributed by atoms with Gasteiger partial charge in [-0.1, -0.05) is 38.1 Å². The van der Waals surface area contributed by atoms with Gasteiger partial charge in [-0.15, -0.1) is 0 Å². The van der Waals surface area contributed by atoms with Crippen molar-refractivity contribution in [2.24, 2.45) is 0 Å². The Labute approximate surface area is 238 Å². The Balaban J connectivity index is 0.00000189. The summed E-state index contributed by atoms with van der Waals surface area (Å²) in [4.78, 5) is 36.4. The lowest BCUT2D eigenvalue weighted by molar-refractivity contribution is 0.0589. The Hall–Kier alpha value is -5.12. The summed E-state index contributed by atoms with van der Waals surface area (Å²) in [6.07, 6.45) is 0.796. The van der Waals surface area contributed by atoms with Crippen molar-refractivity contribution in [1.29, 1.82) is 0 Å². The average molecular weight is 555 g/mol. The summed E-state index contributed by atoms with van der Waals surface area (Å²) in [5.74, 6) is 1.47. The van der Waals surface area contributed by atoms with Crippen LogP contribution in [0.25, 0.3) is 22.5 Å². The molecule has 0 saturated heterocycles. The van der Waals surface area contributed by atoms with Crippen molar-refractivity contribution < 1.29 is 14.3 Å². The van der Waals surface area contributed by atoms with E-state index in [-0.39, 0.29) is 5.82 Å². The van der Waals surface area contributed by atoms with E-state index < -0.39 is 17.4 Å². The number of benzene rings is 3. The number of ether oxygens (including phenoxy) is 2. The Morgan fingerprint density at radius 1 is 0.854 bits per heavy atom. The van der Waals surface area contributed by atoms with Crippen LogP contribution in [0.5, 0.6) is 11.5 Å². The zero-order valence-electron chi connectivity index (χ0n) is 24.0. The lowest BCUT2D eigenvalue weighted by Crippen LogP contribution is -2.34. The van der Waals surface area contributed by atoms with Crippen molar-refractivity contribution in [1.82, 2.24) is 19.1 Å². The van der Waals surface area contributed by atoms with Crippen LogP contribution in [0, 0.1) is 0 Å². The molecule has 10 heteroatoms. The van der Waals surface area contributed by atoms with Crippen molar-refractivity contribution >= 4 is 28.8 Å². The molecule has 0 fully saturated rings. The Morgan fingerprint density at radius 3 is 2.17 bits per heavy atom. The van der Waals surface area contributed by atoms with Crippen LogP contribution in [-0.4, -0.2) is 37.8 Å². The first-order valence-corrected chi connectivity index (χ1v) is 13.3. The second kappa shape index (κ2) is 12.0. The summed E-state index contributed by atoms with van der Waals surface area (Å²) in [7, 11) is 1.61. The van der Waals surface area contributed by atoms with Gasteiger partial charge in [0, 0.05) is 12.7 Å². The summed E-state index contributed by atoms with van der Waals surface area (Å²) in [5, 5.41) is 0. The highest BCUT2D eigenvalue weighted by Gasteiger charge is 2.23. The highest BCUT2D eigenvalue weighted by molar-refractivity contribution is 5.88. The third-order valence-electron chi connectivity index (χ3n) is 5.87. The zero-order chi connectivity index (χ0) is 29.7. The second-order valence-corrected chi connectivity index (χ2v) is 9.85. The fourth-order valence-electron chi connectivity index (χ4n) is 4.08. The number of carbonyl (C=O) groups is 1. The minimum atomic E-state index is -0.649. The molecule has 2 N–H and O–H groups in total. The number of nitrogens with two attached hydrogens (primary N) is 1. The van der Waals surface area contributed by atoms with E-state index in [1.807, 2.05) is 44.2 Å². The second-order valence-electron chi connectivity index (χ2n) is 9.85. The fraction of sp³-hybridized carbons (Fsp3) is 0.226. The first-order chi connectivity index (χ1) is 19.6. The van der Waals surface area contributed by atoms with E-state index in [2.05, 4.69) is 9.97 Å². The number of nitrogens with zero attached hydrogens (tertiary/aromatic N) is 5. The first kappa shape index (κ1) is 28.9. The van der Waals surface area contributed by atoms with Gasteiger partial charge in [0.05, 0.1) is 11.4 Å². The van der Waals surface area contributed by atoms with Crippen molar-refractivity contribution in [3.63, 3.8) is 0 Å². The van der Waals surface area contributed by atoms with E-state index >= 15 is 0 Å². The highest BCUT2D eigenvalue weighted by Crippen LogP contribution is 2.27. The maximum Gasteiger partial charge on any atom is 0.414 e. The van der Waals surface area contributed by atoms with Crippen LogP contribution in [0.3, 0.4) is 0 Å². The van der Waals surface area contributed by atoms with Gasteiger partial charge in [-0.05, 0) is 75.4 Å². The number of hydrogen-bond donors (Lipinski definition) is 1. The van der Waals surface area contributed by atoms with Gasteiger partial charge in [0.1, 0.15) is 28.9 Å². The van der Waals surface area contributed by atoms with Crippen LogP contribution in [-0.2, 0) is 4.74 Å². The van der Waals surface area contributed by atoms with E-state index in [4.69, 9.17) is 15.2 Å². The number of fused-ring (bicyclic) bond motifs is 1. The lowest BCUT2D eigenvalue weighted by Gasteiger charge is -2.25. The Bertz CT molecular complexity index is 1700. The SMILES string of the molecule is CC.CN(C(=O)OC(C)(C)C)c1cccc(-n2c(=O)n(-c3ccc(Oc4ccccc4)cc3)c3c(N)ncnc32)c1. The average Bonchev–Trinajstić information content (AvgIpc) is 3.26. The fourth-order valence-corrected chi connectivity index (χ4v) is 4.08. The third-order valence-corrected chi connectivity index (χ3v) is 5.87. The van der Waals surface area contributed by atoms with Crippen LogP contribution < -0.4 is 21.1 Å². The molecule has 0 bridgehead atoms. The Kier molecular flexibility index (Phi) is 8.42. The highest BCUT2D eigenvalue weighted by atomic mass is 16.6. The predicted molar refractivity (Wildman–Crippen MR) is 161 cm³/mol. The van der Waals surface area contributed by atoms with Crippen molar-refractivity contribution in [2.45, 2.75) is 40.2 Å². The maximum atomic E-state index is 13.9. The topological polar surface area (TPSA) is 118 Å². The molecule has 0 saturated carbocycles. The molecule has 0 spiro atoms. The van der Waals surface area contributed by atoms with Crippen LogP contribution >= 0.6 is 0 Å². The molecule has 0 unspecified atom stereocenters. The van der Waals surface area contributed by atoms with Gasteiger partial charge < -0.3 is 15.2 Å². The molecule has 1 amide bonds. The minimum Gasteiger partial charge on any atom is -0.457 e. The van der Waals surface area contributed by atoms with Gasteiger partial charge in [0.15, 0.2) is 11.5 Å². The quantitative estimate of drug-likeness (QED) is 0.269. The number of rotatable bonds is 5. The maximum absolute atomic E-state index is 13.9. The summed E-state index contributed by atoms with van der Waals surface area (Å²) in [5.41, 5.74) is 7.49. The Morgan fingerprint density at radius 2 is 1.51 bits per heavy atom. The summed E-state index contributed by atoms with van der Waals surface area (Å²) in [6, 6.07) is 23.5. The van der Waals surface area contributed by atoms with E-state index in [1.54, 1.807) is 76.3 Å². The number of hydrogen-bond acceptors (Lipinski definition) is 7. The van der Waals surface area contributed by atoms with Crippen molar-refractivity contribution in [3.8, 4) is 22.9 Å². The molecular formula is C31H34N6O4. The van der Waals surface area contributed by atoms with E-state index in [0.29, 0.717) is 39.7 Å². The number of para-hydroxylation sites is 1. The molecular weight excluding hydrogens is 520 g/mol. The molecule has 0 aliphatic carbocycles. The molecule has 5 aromatic rings. The molecule has 212 valence electrons. The first-order valence-electron chi connectivity index (χ1n) is 13.3. The molecule has 2 aromatic heterocycles. The molecule has 0 atom stereocenters. The van der Waals surface area contributed by atoms with Gasteiger partial charge in [-0.3, -0.25) is 9.47 Å². The third kappa shape index (κ3) is 6.22. The zero-order valence-corrected chi connectivity index (χ0v) is 24.0. The number of carbonyl (C=O) groups excluding carboxylic acids is 1. The van der Waals surface area contributed by atoms with Crippen LogP contribution in [0.1, 0.15) is 34.6 Å². The molecule has 10 nitrogen and oxygen atoms in total. The van der Waals surface area contributed by atoms with Gasteiger partial charge >= 0.3 is 11.8 Å². The van der Waals surface area contributed by atoms with Crippen LogP contribution in [0.4, 0.5) is 16.3 Å². The van der Waals surface area contributed by atoms with Crippen LogP contribution in [0.15, 0.2) is 90.0 Å². The number of aromatic nitrogens is 4. The summed E-state index contributed by atoms with van der Waals surface area (Å²) in [6.45, 7) is 9.40. The standard InChI is InChI=1S/C29H28N6O4.C2H6/c1-29(2,3)39-28(37)33(4)20-9-8-10-21(17-20)35-26-24(25(30)31-18-32-26)34(27(35)36)19-13-15-23(16-14-19)38-22-11-6-5-7-12-22;1-2/h5-18H,1-4H3,(H2,30,31,32);1-2H3. The molecule has 5 rings (SSSR count). The number of nitrogen functional groups attached to an aromatic ring is 1. The van der Waals surface area contributed by atoms with Gasteiger partial charge in [0.25, 0.3) is 0 Å².